The Balaban J connectivity index is 1.74. The normalized spacial score (nSPS) is 30.8. The fraction of sp³-hybridized carbons (Fsp3) is 1.00. The highest BCUT2D eigenvalue weighted by Crippen LogP contribution is 2.29. The van der Waals surface area contributed by atoms with Crippen LogP contribution in [0.2, 0.25) is 0 Å². The Kier molecular flexibility index (Phi) is 3.33. The van der Waals surface area contributed by atoms with Crippen molar-refractivity contribution in [3.63, 3.8) is 0 Å². The summed E-state index contributed by atoms with van der Waals surface area (Å²) in [6.45, 7) is 3.54. The van der Waals surface area contributed by atoms with Gasteiger partial charge in [-0.25, -0.2) is 0 Å². The largest absolute Gasteiger partial charge is 0.324 e. The van der Waals surface area contributed by atoms with E-state index in [-0.39, 0.29) is 5.54 Å². The van der Waals surface area contributed by atoms with Crippen LogP contribution in [0.3, 0.4) is 0 Å². The maximum Gasteiger partial charge on any atom is 0.0283 e. The Morgan fingerprint density at radius 3 is 2.60 bits per heavy atom. The summed E-state index contributed by atoms with van der Waals surface area (Å²) in [6.07, 6.45) is 6.49. The highest BCUT2D eigenvalue weighted by Gasteiger charge is 2.34. The van der Waals surface area contributed by atoms with Crippen LogP contribution < -0.4 is 5.73 Å². The van der Waals surface area contributed by atoms with Crippen LogP contribution in [0.4, 0.5) is 0 Å². The molecule has 88 valence electrons. The van der Waals surface area contributed by atoms with E-state index in [1.807, 2.05) is 0 Å². The Bertz CT molecular complexity index is 213. The molecule has 1 atom stereocenters. The van der Waals surface area contributed by atoms with E-state index in [0.717, 1.165) is 12.6 Å². The molecule has 0 spiro atoms. The lowest BCUT2D eigenvalue weighted by Gasteiger charge is -2.41. The van der Waals surface area contributed by atoms with Crippen molar-refractivity contribution in [1.82, 2.24) is 9.80 Å². The van der Waals surface area contributed by atoms with E-state index in [4.69, 9.17) is 5.73 Å². The number of nitrogens with zero attached hydrogens (tertiary/aromatic N) is 2. The van der Waals surface area contributed by atoms with E-state index in [2.05, 4.69) is 23.9 Å². The zero-order chi connectivity index (χ0) is 10.9. The summed E-state index contributed by atoms with van der Waals surface area (Å²) in [5.74, 6) is 0. The summed E-state index contributed by atoms with van der Waals surface area (Å²) in [4.78, 5) is 4.92. The summed E-state index contributed by atoms with van der Waals surface area (Å²) in [7, 11) is 4.46. The SMILES string of the molecule is CN(CC1CCCN1C)CC1(N)CCC1. The molecule has 1 saturated carbocycles. The van der Waals surface area contributed by atoms with E-state index in [1.54, 1.807) is 0 Å². The summed E-state index contributed by atoms with van der Waals surface area (Å²) < 4.78 is 0. The topological polar surface area (TPSA) is 32.5 Å². The lowest BCUT2D eigenvalue weighted by atomic mass is 9.77. The molecular weight excluding hydrogens is 186 g/mol. The Labute approximate surface area is 93.6 Å². The third-order valence-electron chi connectivity index (χ3n) is 4.13. The van der Waals surface area contributed by atoms with Crippen molar-refractivity contribution < 1.29 is 0 Å². The van der Waals surface area contributed by atoms with Crippen LogP contribution in [-0.2, 0) is 0 Å². The third kappa shape index (κ3) is 2.71. The van der Waals surface area contributed by atoms with Crippen LogP contribution in [0.5, 0.6) is 0 Å². The lowest BCUT2D eigenvalue weighted by Crippen LogP contribution is -2.55. The number of nitrogens with two attached hydrogens (primary N) is 1. The van der Waals surface area contributed by atoms with Gasteiger partial charge in [-0.15, -0.1) is 0 Å². The number of likely N-dealkylation sites (N-methyl/N-ethyl adjacent to an activating group) is 2. The van der Waals surface area contributed by atoms with E-state index in [1.165, 1.54) is 45.2 Å². The van der Waals surface area contributed by atoms with Gasteiger partial charge in [0.25, 0.3) is 0 Å². The maximum absolute atomic E-state index is 6.26. The fourth-order valence-electron chi connectivity index (χ4n) is 2.96. The van der Waals surface area contributed by atoms with Crippen LogP contribution >= 0.6 is 0 Å². The first-order valence-corrected chi connectivity index (χ1v) is 6.27. The second-order valence-electron chi connectivity index (χ2n) is 5.69. The molecule has 3 heteroatoms. The number of rotatable bonds is 4. The molecule has 0 amide bonds. The standard InChI is InChI=1S/C12H25N3/c1-14(10-12(13)6-4-7-12)9-11-5-3-8-15(11)2/h11H,3-10,13H2,1-2H3. The van der Waals surface area contributed by atoms with Crippen LogP contribution in [0.15, 0.2) is 0 Å². The first-order valence-electron chi connectivity index (χ1n) is 6.27. The Morgan fingerprint density at radius 2 is 2.13 bits per heavy atom. The van der Waals surface area contributed by atoms with E-state index < -0.39 is 0 Å². The van der Waals surface area contributed by atoms with Gasteiger partial charge in [-0.2, -0.15) is 0 Å². The van der Waals surface area contributed by atoms with E-state index >= 15 is 0 Å². The molecular formula is C12H25N3. The highest BCUT2D eigenvalue weighted by atomic mass is 15.2. The van der Waals surface area contributed by atoms with Crippen molar-refractivity contribution in [1.29, 1.82) is 0 Å². The van der Waals surface area contributed by atoms with Crippen LogP contribution in [-0.4, -0.2) is 55.1 Å². The summed E-state index contributed by atoms with van der Waals surface area (Å²) >= 11 is 0. The summed E-state index contributed by atoms with van der Waals surface area (Å²) in [6, 6.07) is 0.763. The van der Waals surface area contributed by atoms with Crippen molar-refractivity contribution in [3.05, 3.63) is 0 Å². The van der Waals surface area contributed by atoms with Crippen molar-refractivity contribution in [2.75, 3.05) is 33.7 Å². The molecule has 1 aliphatic carbocycles. The van der Waals surface area contributed by atoms with Gasteiger partial charge in [0, 0.05) is 24.7 Å². The molecule has 3 nitrogen and oxygen atoms in total. The van der Waals surface area contributed by atoms with Crippen LogP contribution in [0, 0.1) is 0 Å². The Hall–Kier alpha value is -0.120. The molecule has 1 heterocycles. The molecule has 1 unspecified atom stereocenters. The first kappa shape index (κ1) is 11.4. The molecule has 2 fully saturated rings. The third-order valence-corrected chi connectivity index (χ3v) is 4.13. The molecule has 0 bridgehead atoms. The van der Waals surface area contributed by atoms with Crippen molar-refractivity contribution in [3.8, 4) is 0 Å². The van der Waals surface area contributed by atoms with Crippen LogP contribution in [0.25, 0.3) is 0 Å². The zero-order valence-corrected chi connectivity index (χ0v) is 10.2. The minimum Gasteiger partial charge on any atom is -0.324 e. The molecule has 2 aliphatic rings. The van der Waals surface area contributed by atoms with Gasteiger partial charge in [0.2, 0.25) is 0 Å². The zero-order valence-electron chi connectivity index (χ0n) is 10.2. The van der Waals surface area contributed by atoms with Gasteiger partial charge in [0.15, 0.2) is 0 Å². The number of likely N-dealkylation sites (tertiary alicyclic amines) is 1. The van der Waals surface area contributed by atoms with Gasteiger partial charge < -0.3 is 15.5 Å². The molecule has 15 heavy (non-hydrogen) atoms. The molecule has 0 aromatic rings. The minimum atomic E-state index is 0.145. The second kappa shape index (κ2) is 4.40. The average Bonchev–Trinajstić information content (AvgIpc) is 2.49. The molecule has 1 saturated heterocycles. The maximum atomic E-state index is 6.26. The first-order chi connectivity index (χ1) is 7.09. The summed E-state index contributed by atoms with van der Waals surface area (Å²) in [5.41, 5.74) is 6.40. The van der Waals surface area contributed by atoms with Crippen molar-refractivity contribution in [2.24, 2.45) is 5.73 Å². The van der Waals surface area contributed by atoms with Gasteiger partial charge in [-0.05, 0) is 52.7 Å². The molecule has 1 aliphatic heterocycles. The second-order valence-corrected chi connectivity index (χ2v) is 5.69. The molecule has 0 radical (unpaired) electrons. The van der Waals surface area contributed by atoms with Gasteiger partial charge in [-0.3, -0.25) is 0 Å². The molecule has 0 aromatic carbocycles. The molecule has 2 rings (SSSR count). The smallest absolute Gasteiger partial charge is 0.0283 e. The average molecular weight is 211 g/mol. The van der Waals surface area contributed by atoms with Gasteiger partial charge in [-0.1, -0.05) is 0 Å². The van der Waals surface area contributed by atoms with E-state index in [0.29, 0.717) is 0 Å². The Morgan fingerprint density at radius 1 is 1.40 bits per heavy atom. The summed E-state index contributed by atoms with van der Waals surface area (Å²) in [5, 5.41) is 0. The predicted octanol–water partition coefficient (Wildman–Crippen LogP) is 0.894. The number of hydrogen-bond donors (Lipinski definition) is 1. The van der Waals surface area contributed by atoms with Crippen LogP contribution in [0.1, 0.15) is 32.1 Å². The van der Waals surface area contributed by atoms with Gasteiger partial charge in [0.1, 0.15) is 0 Å². The lowest BCUT2D eigenvalue weighted by molar-refractivity contribution is 0.140. The number of hydrogen-bond acceptors (Lipinski definition) is 3. The van der Waals surface area contributed by atoms with Gasteiger partial charge >= 0.3 is 0 Å². The monoisotopic (exact) mass is 211 g/mol. The molecule has 2 N–H and O–H groups in total. The minimum absolute atomic E-state index is 0.145. The van der Waals surface area contributed by atoms with E-state index in [9.17, 15) is 0 Å². The fourth-order valence-corrected chi connectivity index (χ4v) is 2.96. The van der Waals surface area contributed by atoms with Gasteiger partial charge in [0.05, 0.1) is 0 Å². The van der Waals surface area contributed by atoms with Crippen molar-refractivity contribution >= 4 is 0 Å². The quantitative estimate of drug-likeness (QED) is 0.750. The van der Waals surface area contributed by atoms with Crippen molar-refractivity contribution in [2.45, 2.75) is 43.7 Å². The molecule has 0 aromatic heterocycles. The highest BCUT2D eigenvalue weighted by molar-refractivity contribution is 4.95. The predicted molar refractivity (Wildman–Crippen MR) is 63.9 cm³/mol.